The summed E-state index contributed by atoms with van der Waals surface area (Å²) in [7, 11) is 0. The molecule has 1 fully saturated rings. The van der Waals surface area contributed by atoms with Gasteiger partial charge in [-0.2, -0.15) is 0 Å². The quantitative estimate of drug-likeness (QED) is 0.868. The zero-order chi connectivity index (χ0) is 13.2. The lowest BCUT2D eigenvalue weighted by Crippen LogP contribution is -2.30. The number of ketones is 1. The number of nitrogens with one attached hydrogen (secondary N) is 1. The fourth-order valence-corrected chi connectivity index (χ4v) is 3.59. The van der Waals surface area contributed by atoms with Gasteiger partial charge >= 0.3 is 0 Å². The maximum Gasteiger partial charge on any atom is 0.143 e. The maximum absolute atomic E-state index is 12.8. The van der Waals surface area contributed by atoms with Crippen molar-refractivity contribution in [2.45, 2.75) is 44.9 Å². The lowest BCUT2D eigenvalue weighted by atomic mass is 9.75. The second-order valence-electron chi connectivity index (χ2n) is 6.21. The van der Waals surface area contributed by atoms with Crippen LogP contribution in [-0.2, 0) is 4.79 Å². The number of rotatable bonds is 2. The van der Waals surface area contributed by atoms with Gasteiger partial charge in [0.15, 0.2) is 0 Å². The van der Waals surface area contributed by atoms with Crippen molar-refractivity contribution >= 4 is 11.5 Å². The molecule has 0 bridgehead atoms. The van der Waals surface area contributed by atoms with Crippen molar-refractivity contribution in [3.8, 4) is 0 Å². The van der Waals surface area contributed by atoms with E-state index < -0.39 is 0 Å². The average molecular weight is 257 g/mol. The highest BCUT2D eigenvalue weighted by Gasteiger charge is 2.32. The number of carbonyl (C=O) groups excluding carboxylic acids is 1. The van der Waals surface area contributed by atoms with Gasteiger partial charge in [-0.25, -0.2) is 0 Å². The second-order valence-corrected chi connectivity index (χ2v) is 6.21. The van der Waals surface area contributed by atoms with Gasteiger partial charge in [-0.1, -0.05) is 38.0 Å². The van der Waals surface area contributed by atoms with Crippen molar-refractivity contribution in [2.75, 3.05) is 11.9 Å². The van der Waals surface area contributed by atoms with Crippen LogP contribution in [0.1, 0.15) is 50.5 Å². The van der Waals surface area contributed by atoms with Crippen molar-refractivity contribution in [1.29, 1.82) is 0 Å². The van der Waals surface area contributed by atoms with Crippen LogP contribution < -0.4 is 5.32 Å². The number of Topliss-reactive ketones (excluding diaryl/α,β-unsaturated/α-hetero) is 1. The minimum Gasteiger partial charge on any atom is -0.385 e. The molecule has 1 aromatic carbocycles. The highest BCUT2D eigenvalue weighted by Crippen LogP contribution is 2.38. The molecule has 0 radical (unpaired) electrons. The summed E-state index contributed by atoms with van der Waals surface area (Å²) in [5.41, 5.74) is 2.38. The van der Waals surface area contributed by atoms with Crippen molar-refractivity contribution in [3.63, 3.8) is 0 Å². The molecule has 19 heavy (non-hydrogen) atoms. The Balaban J connectivity index is 1.78. The fraction of sp³-hybridized carbons (Fsp3) is 0.588. The summed E-state index contributed by atoms with van der Waals surface area (Å²) in [6.45, 7) is 3.23. The van der Waals surface area contributed by atoms with E-state index in [-0.39, 0.29) is 5.92 Å². The third-order valence-electron chi connectivity index (χ3n) is 4.85. The first-order valence-electron chi connectivity index (χ1n) is 7.62. The van der Waals surface area contributed by atoms with Gasteiger partial charge in [-0.15, -0.1) is 0 Å². The Labute approximate surface area is 115 Å². The van der Waals surface area contributed by atoms with Crippen LogP contribution in [0.5, 0.6) is 0 Å². The standard InChI is InChI=1S/C17H23NO/c1-12-6-8-13(9-7-12)17(19)15-10-11-18-16-5-3-2-4-14(15)16/h2-5,12-13,15,18H,6-11H2,1H3. The van der Waals surface area contributed by atoms with E-state index in [1.165, 1.54) is 18.4 Å². The molecular weight excluding hydrogens is 234 g/mol. The van der Waals surface area contributed by atoms with Gasteiger partial charge < -0.3 is 5.32 Å². The second kappa shape index (κ2) is 5.36. The first kappa shape index (κ1) is 12.7. The van der Waals surface area contributed by atoms with E-state index >= 15 is 0 Å². The highest BCUT2D eigenvalue weighted by molar-refractivity contribution is 5.90. The summed E-state index contributed by atoms with van der Waals surface area (Å²) >= 11 is 0. The van der Waals surface area contributed by atoms with Gasteiger partial charge in [0.2, 0.25) is 0 Å². The van der Waals surface area contributed by atoms with E-state index in [1.807, 2.05) is 6.07 Å². The topological polar surface area (TPSA) is 29.1 Å². The van der Waals surface area contributed by atoms with E-state index in [9.17, 15) is 4.79 Å². The van der Waals surface area contributed by atoms with Crippen LogP contribution in [0.4, 0.5) is 5.69 Å². The molecule has 1 heterocycles. The molecule has 1 saturated carbocycles. The van der Waals surface area contributed by atoms with Crippen LogP contribution in [0.2, 0.25) is 0 Å². The van der Waals surface area contributed by atoms with E-state index in [1.54, 1.807) is 0 Å². The Morgan fingerprint density at radius 3 is 2.63 bits per heavy atom. The zero-order valence-corrected chi connectivity index (χ0v) is 11.7. The van der Waals surface area contributed by atoms with Gasteiger partial charge in [0.05, 0.1) is 0 Å². The Morgan fingerprint density at radius 2 is 1.84 bits per heavy atom. The van der Waals surface area contributed by atoms with Gasteiger partial charge in [0.25, 0.3) is 0 Å². The molecule has 1 aliphatic heterocycles. The largest absolute Gasteiger partial charge is 0.385 e. The van der Waals surface area contributed by atoms with E-state index in [4.69, 9.17) is 0 Å². The smallest absolute Gasteiger partial charge is 0.143 e. The molecule has 3 rings (SSSR count). The van der Waals surface area contributed by atoms with E-state index in [0.717, 1.165) is 37.4 Å². The minimum atomic E-state index is 0.135. The highest BCUT2D eigenvalue weighted by atomic mass is 16.1. The van der Waals surface area contributed by atoms with E-state index in [0.29, 0.717) is 11.7 Å². The molecule has 1 unspecified atom stereocenters. The van der Waals surface area contributed by atoms with Crippen LogP contribution in [0.25, 0.3) is 0 Å². The first-order chi connectivity index (χ1) is 9.25. The van der Waals surface area contributed by atoms with Crippen LogP contribution in [-0.4, -0.2) is 12.3 Å². The molecule has 102 valence electrons. The van der Waals surface area contributed by atoms with Crippen molar-refractivity contribution in [2.24, 2.45) is 11.8 Å². The van der Waals surface area contributed by atoms with Crippen LogP contribution in [0.15, 0.2) is 24.3 Å². The number of fused-ring (bicyclic) bond motifs is 1. The van der Waals surface area contributed by atoms with Gasteiger partial charge in [-0.05, 0) is 36.8 Å². The number of hydrogen-bond donors (Lipinski definition) is 1. The Bertz CT molecular complexity index is 460. The summed E-state index contributed by atoms with van der Waals surface area (Å²) in [5.74, 6) is 1.76. The maximum atomic E-state index is 12.8. The van der Waals surface area contributed by atoms with Gasteiger partial charge in [-0.3, -0.25) is 4.79 Å². The van der Waals surface area contributed by atoms with Crippen LogP contribution in [0, 0.1) is 11.8 Å². The molecular formula is C17H23NO. The summed E-state index contributed by atoms with van der Waals surface area (Å²) in [5, 5.41) is 3.41. The summed E-state index contributed by atoms with van der Waals surface area (Å²) < 4.78 is 0. The number of carbonyl (C=O) groups is 1. The predicted octanol–water partition coefficient (Wildman–Crippen LogP) is 3.98. The Kier molecular flexibility index (Phi) is 3.58. The average Bonchev–Trinajstić information content (AvgIpc) is 2.47. The number of para-hydroxylation sites is 1. The van der Waals surface area contributed by atoms with Crippen LogP contribution in [0.3, 0.4) is 0 Å². The lowest BCUT2D eigenvalue weighted by molar-refractivity contribution is -0.125. The minimum absolute atomic E-state index is 0.135. The number of anilines is 1. The number of benzene rings is 1. The molecule has 2 nitrogen and oxygen atoms in total. The van der Waals surface area contributed by atoms with Crippen molar-refractivity contribution in [3.05, 3.63) is 29.8 Å². The molecule has 0 amide bonds. The first-order valence-corrected chi connectivity index (χ1v) is 7.62. The normalized spacial score (nSPS) is 30.3. The van der Waals surface area contributed by atoms with Gasteiger partial charge in [0.1, 0.15) is 5.78 Å². The van der Waals surface area contributed by atoms with Crippen LogP contribution >= 0.6 is 0 Å². The van der Waals surface area contributed by atoms with Crippen molar-refractivity contribution in [1.82, 2.24) is 0 Å². The van der Waals surface area contributed by atoms with Gasteiger partial charge in [0, 0.05) is 24.1 Å². The third-order valence-corrected chi connectivity index (χ3v) is 4.85. The molecule has 0 spiro atoms. The number of hydrogen-bond acceptors (Lipinski definition) is 2. The predicted molar refractivity (Wildman–Crippen MR) is 78.4 cm³/mol. The monoisotopic (exact) mass is 257 g/mol. The van der Waals surface area contributed by atoms with Crippen molar-refractivity contribution < 1.29 is 4.79 Å². The summed E-state index contributed by atoms with van der Waals surface area (Å²) in [6, 6.07) is 8.31. The Morgan fingerprint density at radius 1 is 1.11 bits per heavy atom. The SMILES string of the molecule is CC1CCC(C(=O)C2CCNc3ccccc32)CC1. The molecule has 1 aromatic rings. The fourth-order valence-electron chi connectivity index (χ4n) is 3.59. The third kappa shape index (κ3) is 2.54. The van der Waals surface area contributed by atoms with E-state index in [2.05, 4.69) is 30.4 Å². The molecule has 0 aromatic heterocycles. The molecule has 2 aliphatic rings. The summed E-state index contributed by atoms with van der Waals surface area (Å²) in [6.07, 6.45) is 5.62. The lowest BCUT2D eigenvalue weighted by Gasteiger charge is -2.31. The Hall–Kier alpha value is -1.31. The molecule has 0 saturated heterocycles. The molecule has 1 aliphatic carbocycles. The molecule has 1 N–H and O–H groups in total. The molecule has 1 atom stereocenters. The zero-order valence-electron chi connectivity index (χ0n) is 11.7. The summed E-state index contributed by atoms with van der Waals surface area (Å²) in [4.78, 5) is 12.8. The molecule has 2 heteroatoms.